The van der Waals surface area contributed by atoms with Crippen molar-refractivity contribution < 1.29 is 9.50 Å². The van der Waals surface area contributed by atoms with Crippen LogP contribution in [-0.4, -0.2) is 38.7 Å². The lowest BCUT2D eigenvalue weighted by Crippen LogP contribution is -2.29. The van der Waals surface area contributed by atoms with Crippen molar-refractivity contribution in [3.05, 3.63) is 47.5 Å². The number of nitriles is 1. The zero-order valence-corrected chi connectivity index (χ0v) is 16.0. The molecule has 7 nitrogen and oxygen atoms in total. The van der Waals surface area contributed by atoms with Crippen molar-refractivity contribution in [1.82, 2.24) is 15.0 Å². The van der Waals surface area contributed by atoms with Gasteiger partial charge in [-0.1, -0.05) is 0 Å². The summed E-state index contributed by atoms with van der Waals surface area (Å²) in [6.07, 6.45) is 7.10. The first-order valence-electron chi connectivity index (χ1n) is 9.83. The number of halogens is 1. The maximum absolute atomic E-state index is 13.3. The van der Waals surface area contributed by atoms with E-state index in [1.165, 1.54) is 18.3 Å². The molecule has 2 aromatic heterocycles. The Morgan fingerprint density at radius 1 is 1.28 bits per heavy atom. The fourth-order valence-electron chi connectivity index (χ4n) is 3.75. The number of hydrogen-bond donors (Lipinski definition) is 4. The van der Waals surface area contributed by atoms with E-state index in [4.69, 9.17) is 0 Å². The smallest absolute Gasteiger partial charge is 0.224 e. The number of aliphatic hydroxyl groups is 1. The Bertz CT molecular complexity index is 1040. The molecule has 1 aliphatic carbocycles. The van der Waals surface area contributed by atoms with E-state index in [0.717, 1.165) is 48.6 Å². The maximum atomic E-state index is 13.3. The topological polar surface area (TPSA) is 110 Å². The van der Waals surface area contributed by atoms with Gasteiger partial charge in [0.15, 0.2) is 0 Å². The SMILES string of the molecule is N#Cc1cnc(NCCc2c[nH]c3cc(F)ccc23)nc1N[C@H]1CC[C@@H](O)CC1. The van der Waals surface area contributed by atoms with E-state index in [9.17, 15) is 14.8 Å². The standard InChI is InChI=1S/C21H23FN6O/c22-15-1-6-18-13(11-25-19(18)9-15)7-8-24-21-26-12-14(10-23)20(28-21)27-16-2-4-17(29)5-3-16/h1,6,9,11-12,16-17,25,29H,2-5,7-8H2,(H2,24,26,27,28)/t16-,17+. The quantitative estimate of drug-likeness (QED) is 0.510. The van der Waals surface area contributed by atoms with E-state index in [1.54, 1.807) is 6.07 Å². The molecule has 1 saturated carbocycles. The van der Waals surface area contributed by atoms with Crippen LogP contribution in [0, 0.1) is 17.1 Å². The van der Waals surface area contributed by atoms with Crippen LogP contribution in [0.25, 0.3) is 10.9 Å². The van der Waals surface area contributed by atoms with Crippen LogP contribution in [0.2, 0.25) is 0 Å². The number of H-pyrrole nitrogens is 1. The van der Waals surface area contributed by atoms with Gasteiger partial charge >= 0.3 is 0 Å². The highest BCUT2D eigenvalue weighted by molar-refractivity contribution is 5.83. The fraction of sp³-hybridized carbons (Fsp3) is 0.381. The van der Waals surface area contributed by atoms with Crippen LogP contribution in [0.15, 0.2) is 30.6 Å². The summed E-state index contributed by atoms with van der Waals surface area (Å²) in [7, 11) is 0. The second-order valence-corrected chi connectivity index (χ2v) is 7.40. The molecule has 4 rings (SSSR count). The average molecular weight is 394 g/mol. The van der Waals surface area contributed by atoms with Crippen LogP contribution in [0.4, 0.5) is 16.2 Å². The number of hydrogen-bond acceptors (Lipinski definition) is 6. The first-order valence-corrected chi connectivity index (χ1v) is 9.83. The predicted octanol–water partition coefficient (Wildman–Crippen LogP) is 3.34. The first-order chi connectivity index (χ1) is 14.1. The van der Waals surface area contributed by atoms with E-state index >= 15 is 0 Å². The van der Waals surface area contributed by atoms with Gasteiger partial charge < -0.3 is 20.7 Å². The fourth-order valence-corrected chi connectivity index (χ4v) is 3.75. The second kappa shape index (κ2) is 8.45. The molecule has 0 amide bonds. The van der Waals surface area contributed by atoms with Gasteiger partial charge in [-0.05, 0) is 55.9 Å². The molecule has 0 spiro atoms. The van der Waals surface area contributed by atoms with Gasteiger partial charge in [0.05, 0.1) is 12.3 Å². The summed E-state index contributed by atoms with van der Waals surface area (Å²) in [4.78, 5) is 11.8. The molecule has 0 unspecified atom stereocenters. The van der Waals surface area contributed by atoms with Crippen molar-refractivity contribution in [2.24, 2.45) is 0 Å². The number of aromatic nitrogens is 3. The Morgan fingerprint density at radius 2 is 2.10 bits per heavy atom. The zero-order valence-electron chi connectivity index (χ0n) is 16.0. The maximum Gasteiger partial charge on any atom is 0.224 e. The molecule has 1 aromatic carbocycles. The molecule has 0 bridgehead atoms. The van der Waals surface area contributed by atoms with Crippen molar-refractivity contribution in [3.63, 3.8) is 0 Å². The van der Waals surface area contributed by atoms with Crippen LogP contribution < -0.4 is 10.6 Å². The second-order valence-electron chi connectivity index (χ2n) is 7.40. The van der Waals surface area contributed by atoms with Gasteiger partial charge in [-0.3, -0.25) is 0 Å². The number of aromatic amines is 1. The molecule has 1 fully saturated rings. The molecule has 0 aliphatic heterocycles. The lowest BCUT2D eigenvalue weighted by Gasteiger charge is -2.26. The molecule has 0 atom stereocenters. The third-order valence-corrected chi connectivity index (χ3v) is 5.35. The Labute approximate surface area is 168 Å². The monoisotopic (exact) mass is 394 g/mol. The Kier molecular flexibility index (Phi) is 5.58. The van der Waals surface area contributed by atoms with Crippen LogP contribution >= 0.6 is 0 Å². The van der Waals surface area contributed by atoms with E-state index in [1.807, 2.05) is 6.20 Å². The molecule has 0 radical (unpaired) electrons. The predicted molar refractivity (Wildman–Crippen MR) is 109 cm³/mol. The summed E-state index contributed by atoms with van der Waals surface area (Å²) in [6.45, 7) is 0.602. The molecule has 1 aliphatic rings. The van der Waals surface area contributed by atoms with Gasteiger partial charge in [-0.15, -0.1) is 0 Å². The van der Waals surface area contributed by atoms with E-state index in [0.29, 0.717) is 23.9 Å². The summed E-state index contributed by atoms with van der Waals surface area (Å²) in [5, 5.41) is 26.5. The summed E-state index contributed by atoms with van der Waals surface area (Å²) >= 11 is 0. The van der Waals surface area contributed by atoms with Crippen molar-refractivity contribution >= 4 is 22.7 Å². The van der Waals surface area contributed by atoms with E-state index in [-0.39, 0.29) is 18.0 Å². The Balaban J connectivity index is 1.40. The molecule has 29 heavy (non-hydrogen) atoms. The van der Waals surface area contributed by atoms with E-state index < -0.39 is 0 Å². The normalized spacial score (nSPS) is 19.1. The third-order valence-electron chi connectivity index (χ3n) is 5.35. The lowest BCUT2D eigenvalue weighted by molar-refractivity contribution is 0.126. The number of anilines is 2. The number of nitrogens with one attached hydrogen (secondary N) is 3. The van der Waals surface area contributed by atoms with Gasteiger partial charge in [-0.25, -0.2) is 9.37 Å². The van der Waals surface area contributed by atoms with Crippen molar-refractivity contribution in [1.29, 1.82) is 5.26 Å². The molecule has 150 valence electrons. The Hall–Kier alpha value is -3.18. The summed E-state index contributed by atoms with van der Waals surface area (Å²) in [6, 6.07) is 7.04. The molecular formula is C21H23FN6O. The molecule has 8 heteroatoms. The van der Waals surface area contributed by atoms with Crippen LogP contribution in [0.5, 0.6) is 0 Å². The lowest BCUT2D eigenvalue weighted by atomic mass is 9.93. The number of benzene rings is 1. The first kappa shape index (κ1) is 19.2. The summed E-state index contributed by atoms with van der Waals surface area (Å²) in [5.41, 5.74) is 2.26. The highest BCUT2D eigenvalue weighted by Crippen LogP contribution is 2.24. The highest BCUT2D eigenvalue weighted by Gasteiger charge is 2.20. The average Bonchev–Trinajstić information content (AvgIpc) is 3.12. The van der Waals surface area contributed by atoms with Gasteiger partial charge in [0.1, 0.15) is 23.3 Å². The molecule has 0 saturated heterocycles. The summed E-state index contributed by atoms with van der Waals surface area (Å²) in [5.74, 6) is 0.713. The number of nitrogens with zero attached hydrogens (tertiary/aromatic N) is 3. The minimum absolute atomic E-state index is 0.194. The Morgan fingerprint density at radius 3 is 2.90 bits per heavy atom. The number of aliphatic hydroxyl groups excluding tert-OH is 1. The summed E-state index contributed by atoms with van der Waals surface area (Å²) < 4.78 is 13.3. The van der Waals surface area contributed by atoms with Crippen LogP contribution in [0.1, 0.15) is 36.8 Å². The van der Waals surface area contributed by atoms with Crippen LogP contribution in [-0.2, 0) is 6.42 Å². The van der Waals surface area contributed by atoms with Gasteiger partial charge in [0, 0.05) is 29.7 Å². The zero-order chi connectivity index (χ0) is 20.2. The third kappa shape index (κ3) is 4.46. The van der Waals surface area contributed by atoms with Crippen molar-refractivity contribution in [3.8, 4) is 6.07 Å². The van der Waals surface area contributed by atoms with Crippen LogP contribution in [0.3, 0.4) is 0 Å². The van der Waals surface area contributed by atoms with Gasteiger partial charge in [0.2, 0.25) is 5.95 Å². The minimum atomic E-state index is -0.262. The number of fused-ring (bicyclic) bond motifs is 1. The molecular weight excluding hydrogens is 371 g/mol. The molecule has 2 heterocycles. The molecule has 3 aromatic rings. The number of rotatable bonds is 6. The highest BCUT2D eigenvalue weighted by atomic mass is 19.1. The van der Waals surface area contributed by atoms with Crippen molar-refractivity contribution in [2.45, 2.75) is 44.2 Å². The van der Waals surface area contributed by atoms with E-state index in [2.05, 4.69) is 31.7 Å². The largest absolute Gasteiger partial charge is 0.393 e. The molecule has 4 N–H and O–H groups in total. The van der Waals surface area contributed by atoms with Gasteiger partial charge in [-0.2, -0.15) is 10.2 Å². The van der Waals surface area contributed by atoms with Crippen molar-refractivity contribution in [2.75, 3.05) is 17.2 Å². The van der Waals surface area contributed by atoms with Gasteiger partial charge in [0.25, 0.3) is 0 Å². The minimum Gasteiger partial charge on any atom is -0.393 e.